The average Bonchev–Trinajstić information content (AvgIpc) is 3.49. The number of benzene rings is 2. The SMILES string of the molecule is CCOc1ccccc1CN1C(=O)c2sccc2N2C(SCc3cccc(OC)c3)=NNC12. The third-order valence-electron chi connectivity index (χ3n) is 5.50. The molecule has 0 fully saturated rings. The fourth-order valence-electron chi connectivity index (χ4n) is 3.95. The zero-order chi connectivity index (χ0) is 22.8. The van der Waals surface area contributed by atoms with Crippen LogP contribution in [0.5, 0.6) is 11.5 Å². The summed E-state index contributed by atoms with van der Waals surface area (Å²) in [6, 6.07) is 17.9. The second kappa shape index (κ2) is 9.36. The van der Waals surface area contributed by atoms with Crippen LogP contribution in [0.2, 0.25) is 0 Å². The molecule has 2 aliphatic rings. The number of ether oxygens (including phenoxy) is 2. The van der Waals surface area contributed by atoms with Gasteiger partial charge in [-0.1, -0.05) is 42.1 Å². The number of carbonyl (C=O) groups excluding carboxylic acids is 1. The van der Waals surface area contributed by atoms with Gasteiger partial charge in [0, 0.05) is 11.3 Å². The summed E-state index contributed by atoms with van der Waals surface area (Å²) in [7, 11) is 1.67. The Morgan fingerprint density at radius 1 is 1.18 bits per heavy atom. The Morgan fingerprint density at radius 2 is 2.06 bits per heavy atom. The number of amides is 1. The average molecular weight is 481 g/mol. The van der Waals surface area contributed by atoms with Crippen molar-refractivity contribution >= 4 is 39.9 Å². The zero-order valence-electron chi connectivity index (χ0n) is 18.4. The van der Waals surface area contributed by atoms with Crippen LogP contribution in [0.4, 0.5) is 5.69 Å². The number of rotatable bonds is 7. The summed E-state index contributed by atoms with van der Waals surface area (Å²) in [6.07, 6.45) is -0.387. The van der Waals surface area contributed by atoms with Crippen molar-refractivity contribution in [2.45, 2.75) is 25.5 Å². The van der Waals surface area contributed by atoms with E-state index >= 15 is 0 Å². The summed E-state index contributed by atoms with van der Waals surface area (Å²) < 4.78 is 11.1. The number of methoxy groups -OCH3 is 1. The van der Waals surface area contributed by atoms with Gasteiger partial charge in [0.15, 0.2) is 5.17 Å². The Hall–Kier alpha value is -3.17. The van der Waals surface area contributed by atoms with Gasteiger partial charge in [0.2, 0.25) is 6.29 Å². The van der Waals surface area contributed by atoms with Gasteiger partial charge >= 0.3 is 0 Å². The smallest absolute Gasteiger partial charge is 0.269 e. The predicted octanol–water partition coefficient (Wildman–Crippen LogP) is 4.71. The van der Waals surface area contributed by atoms with Gasteiger partial charge in [-0.2, -0.15) is 5.10 Å². The predicted molar refractivity (Wildman–Crippen MR) is 133 cm³/mol. The van der Waals surface area contributed by atoms with Crippen molar-refractivity contribution in [2.24, 2.45) is 5.10 Å². The Kier molecular flexibility index (Phi) is 6.15. The summed E-state index contributed by atoms with van der Waals surface area (Å²) in [6.45, 7) is 2.95. The normalized spacial score (nSPS) is 16.7. The van der Waals surface area contributed by atoms with E-state index in [1.54, 1.807) is 18.9 Å². The second-order valence-corrected chi connectivity index (χ2v) is 9.37. The third-order valence-corrected chi connectivity index (χ3v) is 7.41. The Bertz CT molecular complexity index is 1200. The van der Waals surface area contributed by atoms with Crippen LogP contribution in [0.3, 0.4) is 0 Å². The standard InChI is InChI=1S/C24H24N4O3S2/c1-3-31-20-10-5-4-8-17(20)14-27-22(29)21-19(11-12-32-21)28-23(27)25-26-24(28)33-15-16-7-6-9-18(13-16)30-2/h4-13,23,25H,3,14-15H2,1-2H3. The van der Waals surface area contributed by atoms with Gasteiger partial charge in [0.1, 0.15) is 16.4 Å². The van der Waals surface area contributed by atoms with E-state index in [9.17, 15) is 4.79 Å². The minimum absolute atomic E-state index is 0.00528. The van der Waals surface area contributed by atoms with Gasteiger partial charge in [0.25, 0.3) is 5.91 Å². The van der Waals surface area contributed by atoms with Crippen LogP contribution in [0.1, 0.15) is 27.7 Å². The van der Waals surface area contributed by atoms with Crippen molar-refractivity contribution in [3.63, 3.8) is 0 Å². The van der Waals surface area contributed by atoms with E-state index in [1.165, 1.54) is 11.3 Å². The molecule has 1 amide bonds. The number of amidine groups is 1. The molecule has 1 aromatic heterocycles. The van der Waals surface area contributed by atoms with E-state index in [1.807, 2.05) is 65.7 Å². The molecule has 7 nitrogen and oxygen atoms in total. The van der Waals surface area contributed by atoms with Gasteiger partial charge < -0.3 is 9.47 Å². The molecule has 9 heteroatoms. The van der Waals surface area contributed by atoms with Crippen LogP contribution >= 0.6 is 23.1 Å². The van der Waals surface area contributed by atoms with E-state index in [0.29, 0.717) is 13.2 Å². The molecule has 0 aliphatic carbocycles. The number of anilines is 1. The largest absolute Gasteiger partial charge is 0.497 e. The van der Waals surface area contributed by atoms with Crippen LogP contribution < -0.4 is 19.8 Å². The van der Waals surface area contributed by atoms with Crippen molar-refractivity contribution in [2.75, 3.05) is 18.6 Å². The molecular formula is C24H24N4O3S2. The van der Waals surface area contributed by atoms with E-state index < -0.39 is 0 Å². The number of hydrogen-bond acceptors (Lipinski definition) is 8. The molecule has 0 bridgehead atoms. The van der Waals surface area contributed by atoms with Crippen molar-refractivity contribution in [1.29, 1.82) is 0 Å². The number of thioether (sulfide) groups is 1. The number of para-hydroxylation sites is 1. The highest BCUT2D eigenvalue weighted by Gasteiger charge is 2.44. The molecule has 2 aliphatic heterocycles. The van der Waals surface area contributed by atoms with Crippen molar-refractivity contribution < 1.29 is 14.3 Å². The van der Waals surface area contributed by atoms with Gasteiger partial charge in [-0.05, 0) is 42.1 Å². The minimum Gasteiger partial charge on any atom is -0.497 e. The number of fused-ring (bicyclic) bond motifs is 3. The zero-order valence-corrected chi connectivity index (χ0v) is 20.0. The van der Waals surface area contributed by atoms with E-state index in [4.69, 9.17) is 9.47 Å². The first-order valence-electron chi connectivity index (χ1n) is 10.7. The van der Waals surface area contributed by atoms with Crippen LogP contribution in [-0.2, 0) is 12.3 Å². The highest BCUT2D eigenvalue weighted by atomic mass is 32.2. The molecule has 170 valence electrons. The molecular weight excluding hydrogens is 456 g/mol. The van der Waals surface area contributed by atoms with E-state index in [0.717, 1.165) is 44.1 Å². The molecule has 1 N–H and O–H groups in total. The first-order valence-corrected chi connectivity index (χ1v) is 12.5. The summed E-state index contributed by atoms with van der Waals surface area (Å²) in [5.41, 5.74) is 6.19. The van der Waals surface area contributed by atoms with Crippen molar-refractivity contribution in [1.82, 2.24) is 10.3 Å². The summed E-state index contributed by atoms with van der Waals surface area (Å²) in [4.78, 5) is 18.1. The maximum Gasteiger partial charge on any atom is 0.269 e. The Labute approximate surface area is 201 Å². The van der Waals surface area contributed by atoms with Gasteiger partial charge in [-0.15, -0.1) is 11.3 Å². The first kappa shape index (κ1) is 21.7. The van der Waals surface area contributed by atoms with E-state index in [2.05, 4.69) is 21.5 Å². The molecule has 3 aromatic rings. The van der Waals surface area contributed by atoms with Crippen LogP contribution in [-0.4, -0.2) is 36.0 Å². The van der Waals surface area contributed by atoms with Gasteiger partial charge in [-0.3, -0.25) is 20.0 Å². The number of hydrogen-bond donors (Lipinski definition) is 1. The molecule has 0 spiro atoms. The molecule has 0 radical (unpaired) electrons. The number of thiophene rings is 1. The molecule has 1 unspecified atom stereocenters. The fraction of sp³-hybridized carbons (Fsp3) is 0.250. The summed E-state index contributed by atoms with van der Waals surface area (Å²) in [5.74, 6) is 2.36. The topological polar surface area (TPSA) is 66.4 Å². The summed E-state index contributed by atoms with van der Waals surface area (Å²) in [5, 5.41) is 7.40. The van der Waals surface area contributed by atoms with E-state index in [-0.39, 0.29) is 12.2 Å². The molecule has 2 aromatic carbocycles. The van der Waals surface area contributed by atoms with Crippen molar-refractivity contribution in [3.05, 3.63) is 76.0 Å². The lowest BCUT2D eigenvalue weighted by atomic mass is 10.1. The first-order chi connectivity index (χ1) is 16.2. The lowest BCUT2D eigenvalue weighted by molar-refractivity contribution is 0.0627. The maximum atomic E-state index is 13.4. The Balaban J connectivity index is 1.40. The van der Waals surface area contributed by atoms with Crippen LogP contribution in [0.15, 0.2) is 65.1 Å². The molecule has 1 atom stereocenters. The molecule has 0 saturated carbocycles. The molecule has 3 heterocycles. The Morgan fingerprint density at radius 3 is 2.91 bits per heavy atom. The number of hydrazone groups is 1. The highest BCUT2D eigenvalue weighted by molar-refractivity contribution is 8.13. The highest BCUT2D eigenvalue weighted by Crippen LogP contribution is 2.39. The fourth-order valence-corrected chi connectivity index (χ4v) is 5.72. The second-order valence-electron chi connectivity index (χ2n) is 7.52. The summed E-state index contributed by atoms with van der Waals surface area (Å²) >= 11 is 3.09. The minimum atomic E-state index is -0.387. The van der Waals surface area contributed by atoms with Crippen LogP contribution in [0.25, 0.3) is 0 Å². The van der Waals surface area contributed by atoms with Crippen molar-refractivity contribution in [3.8, 4) is 11.5 Å². The van der Waals surface area contributed by atoms with Gasteiger partial charge in [-0.25, -0.2) is 0 Å². The number of nitrogens with one attached hydrogen (secondary N) is 1. The quantitative estimate of drug-likeness (QED) is 0.528. The van der Waals surface area contributed by atoms with Gasteiger partial charge in [0.05, 0.1) is 25.9 Å². The maximum absolute atomic E-state index is 13.4. The number of nitrogens with zero attached hydrogens (tertiary/aromatic N) is 3. The lowest BCUT2D eigenvalue weighted by Gasteiger charge is -2.39. The monoisotopic (exact) mass is 480 g/mol. The number of carbonyl (C=O) groups is 1. The molecule has 5 rings (SSSR count). The molecule has 33 heavy (non-hydrogen) atoms. The molecule has 0 saturated heterocycles. The van der Waals surface area contributed by atoms with Crippen LogP contribution in [0, 0.1) is 0 Å². The lowest BCUT2D eigenvalue weighted by Crippen LogP contribution is -2.57. The third kappa shape index (κ3) is 4.14.